The smallest absolute Gasteiger partial charge is 0.223 e. The molecule has 5 nitrogen and oxygen atoms in total. The number of hydrogen-bond acceptors (Lipinski definition) is 4. The summed E-state index contributed by atoms with van der Waals surface area (Å²) in [7, 11) is 1.63. The van der Waals surface area contributed by atoms with Crippen LogP contribution in [0.3, 0.4) is 0 Å². The molecule has 1 unspecified atom stereocenters. The van der Waals surface area contributed by atoms with Gasteiger partial charge in [-0.1, -0.05) is 13.8 Å². The molecule has 3 N–H and O–H groups in total. The Morgan fingerprint density at radius 1 is 1.47 bits per heavy atom. The summed E-state index contributed by atoms with van der Waals surface area (Å²) >= 11 is 0. The number of carbonyl (C=O) groups excluding carboxylic acids is 1. The van der Waals surface area contributed by atoms with Crippen LogP contribution >= 0.6 is 0 Å². The van der Waals surface area contributed by atoms with Gasteiger partial charge in [-0.05, 0) is 24.7 Å². The highest BCUT2D eigenvalue weighted by Crippen LogP contribution is 2.24. The summed E-state index contributed by atoms with van der Waals surface area (Å²) in [5, 5.41) is 3.24. The van der Waals surface area contributed by atoms with Crippen molar-refractivity contribution >= 4 is 5.91 Å². The lowest BCUT2D eigenvalue weighted by Gasteiger charge is -2.15. The van der Waals surface area contributed by atoms with Crippen LogP contribution in [0.2, 0.25) is 0 Å². The van der Waals surface area contributed by atoms with Gasteiger partial charge in [0.25, 0.3) is 0 Å². The Kier molecular flexibility index (Phi) is 6.15. The molecule has 0 spiro atoms. The van der Waals surface area contributed by atoms with E-state index >= 15 is 0 Å². The van der Waals surface area contributed by atoms with Crippen LogP contribution in [0.5, 0.6) is 11.5 Å². The fourth-order valence-corrected chi connectivity index (χ4v) is 1.52. The summed E-state index contributed by atoms with van der Waals surface area (Å²) in [4.78, 5) is 11.0. The molecule has 0 heterocycles. The van der Waals surface area contributed by atoms with Gasteiger partial charge in [0, 0.05) is 12.1 Å². The Hall–Kier alpha value is -1.75. The molecule has 0 saturated carbocycles. The molecular weight excluding hydrogens is 244 g/mol. The molecule has 1 amide bonds. The summed E-state index contributed by atoms with van der Waals surface area (Å²) < 4.78 is 10.9. The van der Waals surface area contributed by atoms with Gasteiger partial charge in [0.1, 0.15) is 11.5 Å². The maximum absolute atomic E-state index is 11.0. The van der Waals surface area contributed by atoms with Gasteiger partial charge in [0.15, 0.2) is 0 Å². The maximum Gasteiger partial charge on any atom is 0.223 e. The van der Waals surface area contributed by atoms with E-state index in [1.54, 1.807) is 14.0 Å². The number of nitrogens with one attached hydrogen (secondary N) is 1. The second-order valence-electron chi connectivity index (χ2n) is 4.37. The third kappa shape index (κ3) is 4.79. The summed E-state index contributed by atoms with van der Waals surface area (Å²) in [6.45, 7) is 5.62. The number of rotatable bonds is 8. The number of amides is 1. The van der Waals surface area contributed by atoms with Crippen LogP contribution in [0.1, 0.15) is 19.4 Å². The van der Waals surface area contributed by atoms with Crippen molar-refractivity contribution in [2.45, 2.75) is 20.4 Å². The highest BCUT2D eigenvalue weighted by molar-refractivity contribution is 5.76. The first kappa shape index (κ1) is 15.3. The van der Waals surface area contributed by atoms with Crippen LogP contribution in [0.15, 0.2) is 18.2 Å². The SMILES string of the molecule is CCNCc1cc(OC)ccc1OCC(C)C(N)=O. The van der Waals surface area contributed by atoms with E-state index < -0.39 is 0 Å². The van der Waals surface area contributed by atoms with Crippen molar-refractivity contribution in [3.05, 3.63) is 23.8 Å². The first-order valence-electron chi connectivity index (χ1n) is 6.38. The average molecular weight is 266 g/mol. The minimum Gasteiger partial charge on any atom is -0.497 e. The molecule has 0 aliphatic carbocycles. The van der Waals surface area contributed by atoms with Crippen molar-refractivity contribution in [2.24, 2.45) is 11.7 Å². The Labute approximate surface area is 114 Å². The molecule has 0 bridgehead atoms. The van der Waals surface area contributed by atoms with E-state index in [1.165, 1.54) is 0 Å². The molecule has 0 aliphatic heterocycles. The largest absolute Gasteiger partial charge is 0.497 e. The van der Waals surface area contributed by atoms with Gasteiger partial charge in [-0.3, -0.25) is 4.79 Å². The van der Waals surface area contributed by atoms with Crippen LogP contribution in [-0.4, -0.2) is 26.2 Å². The summed E-state index contributed by atoms with van der Waals surface area (Å²) in [5.74, 6) is 0.855. The molecule has 0 fully saturated rings. The number of primary amides is 1. The number of benzene rings is 1. The average Bonchev–Trinajstić information content (AvgIpc) is 2.42. The summed E-state index contributed by atoms with van der Waals surface area (Å²) in [5.41, 5.74) is 6.21. The molecule has 0 radical (unpaired) electrons. The zero-order chi connectivity index (χ0) is 14.3. The van der Waals surface area contributed by atoms with Crippen molar-refractivity contribution in [2.75, 3.05) is 20.3 Å². The van der Waals surface area contributed by atoms with Gasteiger partial charge < -0.3 is 20.5 Å². The number of methoxy groups -OCH3 is 1. The van der Waals surface area contributed by atoms with Gasteiger partial charge in [0.2, 0.25) is 5.91 Å². The van der Waals surface area contributed by atoms with Gasteiger partial charge >= 0.3 is 0 Å². The normalized spacial score (nSPS) is 11.9. The first-order valence-corrected chi connectivity index (χ1v) is 6.38. The first-order chi connectivity index (χ1) is 9.08. The van der Waals surface area contributed by atoms with Crippen LogP contribution in [-0.2, 0) is 11.3 Å². The second kappa shape index (κ2) is 7.63. The molecule has 106 valence electrons. The predicted molar refractivity (Wildman–Crippen MR) is 74.2 cm³/mol. The Bertz CT molecular complexity index is 421. The fourth-order valence-electron chi connectivity index (χ4n) is 1.52. The molecule has 1 rings (SSSR count). The van der Waals surface area contributed by atoms with Gasteiger partial charge in [-0.25, -0.2) is 0 Å². The lowest BCUT2D eigenvalue weighted by molar-refractivity contribution is -0.122. The number of carbonyl (C=O) groups is 1. The molecule has 0 saturated heterocycles. The lowest BCUT2D eigenvalue weighted by atomic mass is 10.1. The zero-order valence-electron chi connectivity index (χ0n) is 11.7. The molecule has 19 heavy (non-hydrogen) atoms. The zero-order valence-corrected chi connectivity index (χ0v) is 11.7. The van der Waals surface area contributed by atoms with E-state index in [4.69, 9.17) is 15.2 Å². The third-order valence-electron chi connectivity index (χ3n) is 2.81. The highest BCUT2D eigenvalue weighted by atomic mass is 16.5. The van der Waals surface area contributed by atoms with Gasteiger partial charge in [-0.2, -0.15) is 0 Å². The van der Waals surface area contributed by atoms with Gasteiger partial charge in [-0.15, -0.1) is 0 Å². The molecule has 5 heteroatoms. The van der Waals surface area contributed by atoms with Crippen molar-refractivity contribution in [3.63, 3.8) is 0 Å². The minimum atomic E-state index is -0.359. The highest BCUT2D eigenvalue weighted by Gasteiger charge is 2.11. The molecule has 1 atom stereocenters. The monoisotopic (exact) mass is 266 g/mol. The summed E-state index contributed by atoms with van der Waals surface area (Å²) in [6.07, 6.45) is 0. The van der Waals surface area contributed by atoms with Crippen LogP contribution in [0, 0.1) is 5.92 Å². The van der Waals surface area contributed by atoms with Crippen LogP contribution in [0.4, 0.5) is 0 Å². The topological polar surface area (TPSA) is 73.6 Å². The lowest BCUT2D eigenvalue weighted by Crippen LogP contribution is -2.26. The predicted octanol–water partition coefficient (Wildman–Crippen LogP) is 1.30. The van der Waals surface area contributed by atoms with E-state index in [1.807, 2.05) is 25.1 Å². The van der Waals surface area contributed by atoms with E-state index in [-0.39, 0.29) is 18.4 Å². The third-order valence-corrected chi connectivity index (χ3v) is 2.81. The summed E-state index contributed by atoms with van der Waals surface area (Å²) in [6, 6.07) is 5.60. The fraction of sp³-hybridized carbons (Fsp3) is 0.500. The van der Waals surface area contributed by atoms with Crippen molar-refractivity contribution in [1.82, 2.24) is 5.32 Å². The van der Waals surface area contributed by atoms with E-state index in [2.05, 4.69) is 5.32 Å². The Morgan fingerprint density at radius 3 is 2.79 bits per heavy atom. The van der Waals surface area contributed by atoms with Crippen molar-refractivity contribution < 1.29 is 14.3 Å². The Balaban J connectivity index is 2.77. The molecule has 0 aromatic heterocycles. The Morgan fingerprint density at radius 2 is 2.21 bits per heavy atom. The van der Waals surface area contributed by atoms with Crippen molar-refractivity contribution in [1.29, 1.82) is 0 Å². The maximum atomic E-state index is 11.0. The number of nitrogens with two attached hydrogens (primary N) is 1. The minimum absolute atomic E-state index is 0.279. The molecule has 1 aromatic carbocycles. The van der Waals surface area contributed by atoms with E-state index in [9.17, 15) is 4.79 Å². The molecule has 1 aromatic rings. The quantitative estimate of drug-likeness (QED) is 0.744. The van der Waals surface area contributed by atoms with E-state index in [0.717, 1.165) is 23.6 Å². The molecular formula is C14H22N2O3. The number of hydrogen-bond donors (Lipinski definition) is 2. The van der Waals surface area contributed by atoms with Gasteiger partial charge in [0.05, 0.1) is 19.6 Å². The molecule has 0 aliphatic rings. The standard InChI is InChI=1S/C14H22N2O3/c1-4-16-8-11-7-12(18-3)5-6-13(11)19-9-10(2)14(15)17/h5-7,10,16H,4,8-9H2,1-3H3,(H2,15,17). The van der Waals surface area contributed by atoms with Crippen molar-refractivity contribution in [3.8, 4) is 11.5 Å². The second-order valence-corrected chi connectivity index (χ2v) is 4.37. The van der Waals surface area contributed by atoms with Crippen LogP contribution in [0.25, 0.3) is 0 Å². The van der Waals surface area contributed by atoms with Crippen LogP contribution < -0.4 is 20.5 Å². The van der Waals surface area contributed by atoms with E-state index in [0.29, 0.717) is 6.54 Å². The number of ether oxygens (including phenoxy) is 2.